The number of nitrogens with one attached hydrogen (secondary N) is 1. The van der Waals surface area contributed by atoms with Crippen LogP contribution in [-0.2, 0) is 4.79 Å². The lowest BCUT2D eigenvalue weighted by atomic mass is 9.96. The van der Waals surface area contributed by atoms with Gasteiger partial charge in [0.05, 0.1) is 5.69 Å². The normalized spacial score (nSPS) is 17.8. The van der Waals surface area contributed by atoms with Gasteiger partial charge in [-0.3, -0.25) is 9.69 Å². The predicted octanol–water partition coefficient (Wildman–Crippen LogP) is 2.12. The third-order valence-electron chi connectivity index (χ3n) is 7.11. The number of halogens is 1. The number of piperazine rings is 1. The van der Waals surface area contributed by atoms with Gasteiger partial charge in [0, 0.05) is 51.7 Å². The summed E-state index contributed by atoms with van der Waals surface area (Å²) in [6.07, 6.45) is 2.57. The van der Waals surface area contributed by atoms with Crippen LogP contribution in [0.5, 0.6) is 0 Å². The van der Waals surface area contributed by atoms with Crippen LogP contribution in [0.4, 0.5) is 15.9 Å². The lowest BCUT2D eigenvalue weighted by Gasteiger charge is -2.36. The Kier molecular flexibility index (Phi) is 7.08. The molecule has 3 aromatic rings. The van der Waals surface area contributed by atoms with E-state index < -0.39 is 0 Å². The van der Waals surface area contributed by atoms with E-state index in [-0.39, 0.29) is 17.6 Å². The van der Waals surface area contributed by atoms with Crippen LogP contribution >= 0.6 is 0 Å². The van der Waals surface area contributed by atoms with Crippen LogP contribution in [0.2, 0.25) is 0 Å². The minimum atomic E-state index is -0.155. The Hall–Kier alpha value is -3.27. The summed E-state index contributed by atoms with van der Waals surface area (Å²) in [4.78, 5) is 19.4. The Morgan fingerprint density at radius 2 is 1.77 bits per heavy atom. The SMILES string of the molecule is Cc1nnc2ccc(N3CCC(C(=O)NCCCN4CCN(c5ccccc5F)CC4)CC3)nn12. The van der Waals surface area contributed by atoms with E-state index in [9.17, 15) is 9.18 Å². The van der Waals surface area contributed by atoms with Gasteiger partial charge in [0.1, 0.15) is 11.6 Å². The van der Waals surface area contributed by atoms with Gasteiger partial charge in [0.2, 0.25) is 5.91 Å². The highest BCUT2D eigenvalue weighted by Gasteiger charge is 2.26. The van der Waals surface area contributed by atoms with Crippen molar-refractivity contribution < 1.29 is 9.18 Å². The zero-order chi connectivity index (χ0) is 24.2. The Morgan fingerprint density at radius 1 is 1.00 bits per heavy atom. The maximum absolute atomic E-state index is 14.0. The maximum Gasteiger partial charge on any atom is 0.223 e. The molecule has 1 aromatic carbocycles. The number of nitrogens with zero attached hydrogens (tertiary/aromatic N) is 7. The topological polar surface area (TPSA) is 81.9 Å². The number of hydrogen-bond donors (Lipinski definition) is 1. The molecule has 35 heavy (non-hydrogen) atoms. The molecule has 2 saturated heterocycles. The van der Waals surface area contributed by atoms with Gasteiger partial charge in [0.25, 0.3) is 0 Å². The monoisotopic (exact) mass is 480 g/mol. The van der Waals surface area contributed by atoms with E-state index in [1.807, 2.05) is 31.2 Å². The molecule has 186 valence electrons. The van der Waals surface area contributed by atoms with Crippen LogP contribution in [0.25, 0.3) is 5.65 Å². The number of para-hydroxylation sites is 1. The summed E-state index contributed by atoms with van der Waals surface area (Å²) < 4.78 is 15.8. The minimum absolute atomic E-state index is 0.0518. The summed E-state index contributed by atoms with van der Waals surface area (Å²) in [7, 11) is 0. The number of fused-ring (bicyclic) bond motifs is 1. The van der Waals surface area contributed by atoms with E-state index in [1.165, 1.54) is 6.07 Å². The summed E-state index contributed by atoms with van der Waals surface area (Å²) >= 11 is 0. The second kappa shape index (κ2) is 10.6. The quantitative estimate of drug-likeness (QED) is 0.519. The van der Waals surface area contributed by atoms with Crippen LogP contribution < -0.4 is 15.1 Å². The molecule has 0 radical (unpaired) electrons. The summed E-state index contributed by atoms with van der Waals surface area (Å²) in [5, 5.41) is 15.9. The van der Waals surface area contributed by atoms with Gasteiger partial charge in [-0.2, -0.15) is 4.52 Å². The molecule has 0 bridgehead atoms. The predicted molar refractivity (Wildman–Crippen MR) is 133 cm³/mol. The lowest BCUT2D eigenvalue weighted by molar-refractivity contribution is -0.125. The van der Waals surface area contributed by atoms with E-state index in [0.29, 0.717) is 12.2 Å². The second-order valence-electron chi connectivity index (χ2n) is 9.39. The first-order chi connectivity index (χ1) is 17.1. The first-order valence-corrected chi connectivity index (χ1v) is 12.5. The minimum Gasteiger partial charge on any atom is -0.367 e. The van der Waals surface area contributed by atoms with Crippen LogP contribution in [-0.4, -0.2) is 83.0 Å². The Bertz CT molecular complexity index is 1150. The van der Waals surface area contributed by atoms with Crippen molar-refractivity contribution in [1.82, 2.24) is 30.0 Å². The average molecular weight is 481 g/mol. The number of amides is 1. The fraction of sp³-hybridized carbons (Fsp3) is 0.520. The number of aromatic nitrogens is 4. The molecule has 0 saturated carbocycles. The second-order valence-corrected chi connectivity index (χ2v) is 9.39. The van der Waals surface area contributed by atoms with Gasteiger partial charge in [-0.25, -0.2) is 4.39 Å². The number of hydrogen-bond acceptors (Lipinski definition) is 7. The molecule has 2 aliphatic heterocycles. The summed E-state index contributed by atoms with van der Waals surface area (Å²) in [6, 6.07) is 10.9. The highest BCUT2D eigenvalue weighted by atomic mass is 19.1. The van der Waals surface area contributed by atoms with Gasteiger partial charge < -0.3 is 15.1 Å². The van der Waals surface area contributed by atoms with Gasteiger partial charge in [0.15, 0.2) is 11.5 Å². The highest BCUT2D eigenvalue weighted by molar-refractivity contribution is 5.78. The number of aryl methyl sites for hydroxylation is 1. The number of carbonyl (C=O) groups is 1. The van der Waals surface area contributed by atoms with Gasteiger partial charge in [-0.1, -0.05) is 12.1 Å². The van der Waals surface area contributed by atoms with Crippen LogP contribution in [0.15, 0.2) is 36.4 Å². The van der Waals surface area contributed by atoms with E-state index in [1.54, 1.807) is 10.6 Å². The molecule has 1 amide bonds. The third-order valence-corrected chi connectivity index (χ3v) is 7.11. The fourth-order valence-electron chi connectivity index (χ4n) is 5.01. The third kappa shape index (κ3) is 5.37. The van der Waals surface area contributed by atoms with Crippen molar-refractivity contribution in [3.8, 4) is 0 Å². The van der Waals surface area contributed by atoms with Gasteiger partial charge in [-0.05, 0) is 57.0 Å². The largest absolute Gasteiger partial charge is 0.367 e. The number of rotatable bonds is 7. The van der Waals surface area contributed by atoms with Crippen LogP contribution in [0.3, 0.4) is 0 Å². The molecule has 0 unspecified atom stereocenters. The molecular weight excluding hydrogens is 447 g/mol. The first kappa shape index (κ1) is 23.5. The van der Waals surface area contributed by atoms with Crippen molar-refractivity contribution in [2.75, 3.05) is 62.2 Å². The van der Waals surface area contributed by atoms with Crippen molar-refractivity contribution in [2.45, 2.75) is 26.2 Å². The summed E-state index contributed by atoms with van der Waals surface area (Å²) in [5.74, 6) is 1.72. The molecule has 10 heteroatoms. The molecule has 9 nitrogen and oxygen atoms in total. The molecule has 2 aromatic heterocycles. The van der Waals surface area contributed by atoms with Crippen LogP contribution in [0.1, 0.15) is 25.1 Å². The van der Waals surface area contributed by atoms with E-state index in [4.69, 9.17) is 0 Å². The Morgan fingerprint density at radius 3 is 2.54 bits per heavy atom. The smallest absolute Gasteiger partial charge is 0.223 e. The molecule has 0 atom stereocenters. The van der Waals surface area contributed by atoms with E-state index in [2.05, 4.69) is 35.3 Å². The Balaban J connectivity index is 0.999. The maximum atomic E-state index is 14.0. The van der Waals surface area contributed by atoms with Gasteiger partial charge in [-0.15, -0.1) is 15.3 Å². The van der Waals surface area contributed by atoms with E-state index >= 15 is 0 Å². The number of benzene rings is 1. The zero-order valence-electron chi connectivity index (χ0n) is 20.2. The molecule has 5 rings (SSSR count). The number of carbonyl (C=O) groups excluding carboxylic acids is 1. The molecule has 1 N–H and O–H groups in total. The van der Waals surface area contributed by atoms with Crippen molar-refractivity contribution in [2.24, 2.45) is 5.92 Å². The summed E-state index contributed by atoms with van der Waals surface area (Å²) in [5.41, 5.74) is 1.43. The number of anilines is 2. The zero-order valence-corrected chi connectivity index (χ0v) is 20.2. The molecule has 2 fully saturated rings. The molecular formula is C25H33FN8O. The number of piperidine rings is 1. The van der Waals surface area contributed by atoms with Crippen molar-refractivity contribution in [3.05, 3.63) is 48.0 Å². The molecule has 0 aliphatic carbocycles. The van der Waals surface area contributed by atoms with Crippen molar-refractivity contribution in [3.63, 3.8) is 0 Å². The first-order valence-electron chi connectivity index (χ1n) is 12.5. The Labute approximate surface area is 204 Å². The molecule has 4 heterocycles. The molecule has 0 spiro atoms. The summed E-state index contributed by atoms with van der Waals surface area (Å²) in [6.45, 7) is 8.62. The van der Waals surface area contributed by atoms with Crippen LogP contribution in [0, 0.1) is 18.7 Å². The standard InChI is InChI=1S/C25H33FN8O/c1-19-28-29-23-7-8-24(30-34(19)23)33-13-9-20(10-14-33)25(35)27-11-4-12-31-15-17-32(18-16-31)22-6-3-2-5-21(22)26/h2-3,5-8,20H,4,9-18H2,1H3,(H,27,35). The lowest BCUT2D eigenvalue weighted by Crippen LogP contribution is -2.47. The fourth-order valence-corrected chi connectivity index (χ4v) is 5.01. The average Bonchev–Trinajstić information content (AvgIpc) is 3.27. The van der Waals surface area contributed by atoms with Gasteiger partial charge >= 0.3 is 0 Å². The highest BCUT2D eigenvalue weighted by Crippen LogP contribution is 2.23. The van der Waals surface area contributed by atoms with Crippen molar-refractivity contribution in [1.29, 1.82) is 0 Å². The van der Waals surface area contributed by atoms with Crippen molar-refractivity contribution >= 4 is 23.1 Å². The molecule has 2 aliphatic rings. The van der Waals surface area contributed by atoms with E-state index in [0.717, 1.165) is 82.4 Å².